The Morgan fingerprint density at radius 2 is 1.63 bits per heavy atom. The van der Waals surface area contributed by atoms with Crippen LogP contribution in [0.25, 0.3) is 11.1 Å². The fourth-order valence-electron chi connectivity index (χ4n) is 2.07. The van der Waals surface area contributed by atoms with Gasteiger partial charge in [0.15, 0.2) is 0 Å². The highest BCUT2D eigenvalue weighted by atomic mass is 19.4. The summed E-state index contributed by atoms with van der Waals surface area (Å²) in [4.78, 5) is 0. The summed E-state index contributed by atoms with van der Waals surface area (Å²) in [7, 11) is 1.38. The van der Waals surface area contributed by atoms with Gasteiger partial charge in [-0.1, -0.05) is 48.5 Å². The molecule has 4 heteroatoms. The van der Waals surface area contributed by atoms with E-state index in [1.807, 2.05) is 0 Å². The van der Waals surface area contributed by atoms with E-state index in [4.69, 9.17) is 4.74 Å². The van der Waals surface area contributed by atoms with Crippen LogP contribution in [0.1, 0.15) is 11.1 Å². The minimum Gasteiger partial charge on any atom is -0.380 e. The van der Waals surface area contributed by atoms with Crippen molar-refractivity contribution >= 4 is 0 Å². The number of ether oxygens (including phenoxy) is 1. The molecule has 0 unspecified atom stereocenters. The van der Waals surface area contributed by atoms with Gasteiger partial charge in [0.1, 0.15) is 0 Å². The molecular weight excluding hydrogens is 253 g/mol. The van der Waals surface area contributed by atoms with Crippen molar-refractivity contribution in [2.75, 3.05) is 7.11 Å². The number of benzene rings is 2. The van der Waals surface area contributed by atoms with Crippen LogP contribution in [0.5, 0.6) is 0 Å². The van der Waals surface area contributed by atoms with Gasteiger partial charge in [0.05, 0.1) is 12.2 Å². The highest BCUT2D eigenvalue weighted by molar-refractivity contribution is 5.69. The average Bonchev–Trinajstić information content (AvgIpc) is 2.38. The van der Waals surface area contributed by atoms with Crippen LogP contribution in [-0.4, -0.2) is 7.11 Å². The van der Waals surface area contributed by atoms with Crippen molar-refractivity contribution in [2.24, 2.45) is 0 Å². The van der Waals surface area contributed by atoms with Gasteiger partial charge in [-0.3, -0.25) is 0 Å². The van der Waals surface area contributed by atoms with Crippen LogP contribution in [0.15, 0.2) is 48.5 Å². The molecule has 0 bridgehead atoms. The molecule has 0 N–H and O–H groups in total. The van der Waals surface area contributed by atoms with Crippen LogP contribution in [0.2, 0.25) is 0 Å². The third kappa shape index (κ3) is 2.96. The molecule has 0 radical (unpaired) electrons. The molecule has 0 amide bonds. The molecule has 0 aliphatic rings. The van der Waals surface area contributed by atoms with Gasteiger partial charge in [-0.05, 0) is 16.7 Å². The minimum absolute atomic E-state index is 0.0600. The fraction of sp³-hybridized carbons (Fsp3) is 0.200. The molecule has 2 aromatic rings. The first kappa shape index (κ1) is 13.6. The maximum absolute atomic E-state index is 13.3. The standard InChI is InChI=1S/C15H13F3O/c1-19-10-12-8-5-9-13(14(12)15(16,17)18)11-6-3-2-4-7-11/h2-9H,10H2,1H3. The van der Waals surface area contributed by atoms with Crippen molar-refractivity contribution in [3.05, 3.63) is 59.7 Å². The third-order valence-electron chi connectivity index (χ3n) is 2.82. The Hall–Kier alpha value is -1.81. The van der Waals surface area contributed by atoms with Crippen molar-refractivity contribution in [3.63, 3.8) is 0 Å². The zero-order chi connectivity index (χ0) is 13.9. The Kier molecular flexibility index (Phi) is 3.90. The first-order valence-corrected chi connectivity index (χ1v) is 5.77. The van der Waals surface area contributed by atoms with E-state index < -0.39 is 11.7 Å². The van der Waals surface area contributed by atoms with Crippen molar-refractivity contribution in [3.8, 4) is 11.1 Å². The summed E-state index contributed by atoms with van der Waals surface area (Å²) in [6.07, 6.45) is -4.40. The molecule has 0 fully saturated rings. The van der Waals surface area contributed by atoms with Crippen LogP contribution in [0.4, 0.5) is 13.2 Å². The Bertz CT molecular complexity index is 547. The van der Waals surface area contributed by atoms with E-state index in [9.17, 15) is 13.2 Å². The van der Waals surface area contributed by atoms with Crippen LogP contribution in [0, 0.1) is 0 Å². The molecule has 0 spiro atoms. The summed E-state index contributed by atoms with van der Waals surface area (Å²) >= 11 is 0. The average molecular weight is 266 g/mol. The molecule has 0 saturated heterocycles. The van der Waals surface area contributed by atoms with Crippen LogP contribution in [-0.2, 0) is 17.5 Å². The Balaban J connectivity index is 2.64. The van der Waals surface area contributed by atoms with Gasteiger partial charge in [0, 0.05) is 7.11 Å². The molecule has 0 heterocycles. The highest BCUT2D eigenvalue weighted by Crippen LogP contribution is 2.39. The van der Waals surface area contributed by atoms with Crippen molar-refractivity contribution in [2.45, 2.75) is 12.8 Å². The predicted molar refractivity (Wildman–Crippen MR) is 67.6 cm³/mol. The van der Waals surface area contributed by atoms with Gasteiger partial charge in [-0.15, -0.1) is 0 Å². The van der Waals surface area contributed by atoms with Crippen molar-refractivity contribution in [1.82, 2.24) is 0 Å². The van der Waals surface area contributed by atoms with Crippen LogP contribution >= 0.6 is 0 Å². The minimum atomic E-state index is -4.40. The summed E-state index contributed by atoms with van der Waals surface area (Å²) < 4.78 is 44.6. The molecular formula is C15H13F3O. The summed E-state index contributed by atoms with van der Waals surface area (Å²) in [5.74, 6) is 0. The summed E-state index contributed by atoms with van der Waals surface area (Å²) in [5.41, 5.74) is 0.259. The smallest absolute Gasteiger partial charge is 0.380 e. The number of alkyl halides is 3. The molecule has 1 nitrogen and oxygen atoms in total. The molecule has 0 aromatic heterocycles. The van der Waals surface area contributed by atoms with E-state index in [1.165, 1.54) is 19.2 Å². The summed E-state index contributed by atoms with van der Waals surface area (Å²) in [6.45, 7) is -0.0600. The lowest BCUT2D eigenvalue weighted by Gasteiger charge is -2.17. The van der Waals surface area contributed by atoms with E-state index in [-0.39, 0.29) is 17.7 Å². The summed E-state index contributed by atoms with van der Waals surface area (Å²) in [5, 5.41) is 0. The first-order valence-electron chi connectivity index (χ1n) is 5.77. The molecule has 19 heavy (non-hydrogen) atoms. The van der Waals surface area contributed by atoms with Gasteiger partial charge in [0.2, 0.25) is 0 Å². The monoisotopic (exact) mass is 266 g/mol. The Labute approximate surface area is 109 Å². The molecule has 2 aromatic carbocycles. The number of halogens is 3. The summed E-state index contributed by atoms with van der Waals surface area (Å²) in [6, 6.07) is 13.1. The zero-order valence-corrected chi connectivity index (χ0v) is 10.4. The Morgan fingerprint density at radius 3 is 2.21 bits per heavy atom. The molecule has 100 valence electrons. The van der Waals surface area contributed by atoms with E-state index in [1.54, 1.807) is 36.4 Å². The van der Waals surface area contributed by atoms with Crippen molar-refractivity contribution in [1.29, 1.82) is 0 Å². The van der Waals surface area contributed by atoms with E-state index in [2.05, 4.69) is 0 Å². The van der Waals surface area contributed by atoms with E-state index in [0.717, 1.165) is 0 Å². The number of hydrogen-bond acceptors (Lipinski definition) is 1. The lowest BCUT2D eigenvalue weighted by Crippen LogP contribution is -2.11. The Morgan fingerprint density at radius 1 is 0.947 bits per heavy atom. The lowest BCUT2D eigenvalue weighted by atomic mass is 9.95. The SMILES string of the molecule is COCc1cccc(-c2ccccc2)c1C(F)(F)F. The van der Waals surface area contributed by atoms with E-state index >= 15 is 0 Å². The topological polar surface area (TPSA) is 9.23 Å². The van der Waals surface area contributed by atoms with Crippen LogP contribution in [0.3, 0.4) is 0 Å². The molecule has 0 saturated carbocycles. The van der Waals surface area contributed by atoms with Gasteiger partial charge in [-0.25, -0.2) is 0 Å². The fourth-order valence-corrected chi connectivity index (χ4v) is 2.07. The first-order chi connectivity index (χ1) is 9.04. The highest BCUT2D eigenvalue weighted by Gasteiger charge is 2.36. The second-order valence-corrected chi connectivity index (χ2v) is 4.14. The van der Waals surface area contributed by atoms with E-state index in [0.29, 0.717) is 5.56 Å². The second kappa shape index (κ2) is 5.45. The normalized spacial score (nSPS) is 11.6. The molecule has 0 aliphatic carbocycles. The maximum atomic E-state index is 13.3. The largest absolute Gasteiger partial charge is 0.417 e. The predicted octanol–water partition coefficient (Wildman–Crippen LogP) is 4.52. The quantitative estimate of drug-likeness (QED) is 0.793. The second-order valence-electron chi connectivity index (χ2n) is 4.14. The lowest BCUT2D eigenvalue weighted by molar-refractivity contribution is -0.138. The zero-order valence-electron chi connectivity index (χ0n) is 10.4. The molecule has 0 atom stereocenters. The maximum Gasteiger partial charge on any atom is 0.417 e. The van der Waals surface area contributed by atoms with Crippen LogP contribution < -0.4 is 0 Å². The van der Waals surface area contributed by atoms with Gasteiger partial charge >= 0.3 is 6.18 Å². The van der Waals surface area contributed by atoms with Gasteiger partial charge in [0.25, 0.3) is 0 Å². The van der Waals surface area contributed by atoms with Gasteiger partial charge in [-0.2, -0.15) is 13.2 Å². The number of rotatable bonds is 3. The van der Waals surface area contributed by atoms with Gasteiger partial charge < -0.3 is 4.74 Å². The molecule has 0 aliphatic heterocycles. The van der Waals surface area contributed by atoms with Crippen molar-refractivity contribution < 1.29 is 17.9 Å². The third-order valence-corrected chi connectivity index (χ3v) is 2.82. The number of methoxy groups -OCH3 is 1. The number of hydrogen-bond donors (Lipinski definition) is 0. The molecule has 2 rings (SSSR count).